The lowest BCUT2D eigenvalue weighted by atomic mass is 10.2. The molecule has 1 N–H and O–H groups in total. The lowest BCUT2D eigenvalue weighted by Gasteiger charge is -2.12. The van der Waals surface area contributed by atoms with Crippen molar-refractivity contribution >= 4 is 5.91 Å². The Labute approximate surface area is 162 Å². The summed E-state index contributed by atoms with van der Waals surface area (Å²) in [5.74, 6) is -0.612. The summed E-state index contributed by atoms with van der Waals surface area (Å²) >= 11 is 0. The molecule has 3 rings (SSSR count). The van der Waals surface area contributed by atoms with Crippen molar-refractivity contribution in [1.29, 1.82) is 0 Å². The zero-order chi connectivity index (χ0) is 20.1. The molecule has 144 valence electrons. The fraction of sp³-hybridized carbons (Fsp3) is 0.238. The van der Waals surface area contributed by atoms with Crippen LogP contribution in [0.1, 0.15) is 35.0 Å². The van der Waals surface area contributed by atoms with Crippen molar-refractivity contribution in [2.24, 2.45) is 0 Å². The highest BCUT2D eigenvalue weighted by Crippen LogP contribution is 2.06. The normalized spacial score (nSPS) is 10.6. The van der Waals surface area contributed by atoms with E-state index in [0.29, 0.717) is 12.1 Å². The topological polar surface area (TPSA) is 86.0 Å². The molecule has 0 bridgehead atoms. The number of rotatable bonds is 6. The molecule has 0 fully saturated rings. The monoisotopic (exact) mass is 378 g/mol. The first-order chi connectivity index (χ1) is 13.5. The molecule has 1 aromatic heterocycles. The summed E-state index contributed by atoms with van der Waals surface area (Å²) in [6.45, 7) is 4.27. The molecular formula is C21H22N4O3. The van der Waals surface area contributed by atoms with Gasteiger partial charge in [-0.05, 0) is 31.0 Å². The first-order valence-electron chi connectivity index (χ1n) is 9.14. The Bertz CT molecular complexity index is 1080. The number of aromatic nitrogens is 3. The van der Waals surface area contributed by atoms with Crippen LogP contribution in [0.3, 0.4) is 0 Å². The third-order valence-corrected chi connectivity index (χ3v) is 4.30. The number of carbonyl (C=O) groups is 1. The highest BCUT2D eigenvalue weighted by atomic mass is 16.2. The molecular weight excluding hydrogens is 356 g/mol. The zero-order valence-electron chi connectivity index (χ0n) is 15.9. The number of benzene rings is 2. The van der Waals surface area contributed by atoms with E-state index in [1.54, 1.807) is 12.1 Å². The highest BCUT2D eigenvalue weighted by Gasteiger charge is 2.19. The average molecular weight is 378 g/mol. The van der Waals surface area contributed by atoms with Crippen LogP contribution in [0.4, 0.5) is 0 Å². The van der Waals surface area contributed by atoms with Crippen LogP contribution in [-0.4, -0.2) is 20.3 Å². The lowest BCUT2D eigenvalue weighted by Crippen LogP contribution is -2.45. The largest absolute Gasteiger partial charge is 0.352 e. The summed E-state index contributed by atoms with van der Waals surface area (Å²) in [7, 11) is 0. The van der Waals surface area contributed by atoms with Crippen molar-refractivity contribution < 1.29 is 4.79 Å². The molecule has 1 heterocycles. The summed E-state index contributed by atoms with van der Waals surface area (Å²) in [6.07, 6.45) is 0.581. The maximum atomic E-state index is 12.8. The maximum Gasteiger partial charge on any atom is 0.352 e. The van der Waals surface area contributed by atoms with Gasteiger partial charge in [-0.1, -0.05) is 55.0 Å². The van der Waals surface area contributed by atoms with Gasteiger partial charge in [0.2, 0.25) is 5.69 Å². The molecule has 0 aliphatic heterocycles. The summed E-state index contributed by atoms with van der Waals surface area (Å²) < 4.78 is 2.16. The minimum absolute atomic E-state index is 0.213. The van der Waals surface area contributed by atoms with E-state index in [4.69, 9.17) is 0 Å². The molecule has 0 aliphatic rings. The quantitative estimate of drug-likeness (QED) is 0.711. The molecule has 2 aromatic carbocycles. The second-order valence-electron chi connectivity index (χ2n) is 6.50. The van der Waals surface area contributed by atoms with Crippen molar-refractivity contribution in [3.8, 4) is 5.69 Å². The SMILES string of the molecule is CCCn1c(=O)c(C(=O)NCc2ccccc2)nn(-c2ccc(C)cc2)c1=O. The summed E-state index contributed by atoms with van der Waals surface area (Å²) in [4.78, 5) is 38.1. The fourth-order valence-electron chi connectivity index (χ4n) is 2.79. The Morgan fingerprint density at radius 1 is 1.04 bits per heavy atom. The molecule has 0 saturated heterocycles. The van der Waals surface area contributed by atoms with Crippen LogP contribution in [0, 0.1) is 6.92 Å². The van der Waals surface area contributed by atoms with Crippen molar-refractivity contribution in [2.75, 3.05) is 0 Å². The minimum atomic E-state index is -0.680. The molecule has 0 spiro atoms. The number of aryl methyl sites for hydroxylation is 1. The van der Waals surface area contributed by atoms with Gasteiger partial charge >= 0.3 is 5.69 Å². The molecule has 0 aliphatic carbocycles. The van der Waals surface area contributed by atoms with E-state index in [0.717, 1.165) is 20.4 Å². The van der Waals surface area contributed by atoms with Crippen molar-refractivity contribution in [3.05, 3.63) is 92.3 Å². The summed E-state index contributed by atoms with van der Waals surface area (Å²) in [6, 6.07) is 16.5. The lowest BCUT2D eigenvalue weighted by molar-refractivity contribution is 0.0941. The minimum Gasteiger partial charge on any atom is -0.346 e. The average Bonchev–Trinajstić information content (AvgIpc) is 2.71. The molecule has 1 amide bonds. The molecule has 7 nitrogen and oxygen atoms in total. The van der Waals surface area contributed by atoms with Crippen molar-refractivity contribution in [3.63, 3.8) is 0 Å². The fourth-order valence-corrected chi connectivity index (χ4v) is 2.79. The molecule has 0 atom stereocenters. The predicted octanol–water partition coefficient (Wildman–Crippen LogP) is 2.04. The molecule has 0 unspecified atom stereocenters. The smallest absolute Gasteiger partial charge is 0.346 e. The number of carbonyl (C=O) groups excluding carboxylic acids is 1. The van der Waals surface area contributed by atoms with Crippen LogP contribution < -0.4 is 16.6 Å². The van der Waals surface area contributed by atoms with Crippen LogP contribution in [0.5, 0.6) is 0 Å². The van der Waals surface area contributed by atoms with Crippen LogP contribution >= 0.6 is 0 Å². The van der Waals surface area contributed by atoms with Gasteiger partial charge in [-0.3, -0.25) is 14.2 Å². The molecule has 28 heavy (non-hydrogen) atoms. The van der Waals surface area contributed by atoms with E-state index in [1.807, 2.05) is 56.3 Å². The van der Waals surface area contributed by atoms with Gasteiger partial charge in [-0.2, -0.15) is 9.78 Å². The number of nitrogens with zero attached hydrogens (tertiary/aromatic N) is 3. The Hall–Kier alpha value is -3.48. The summed E-state index contributed by atoms with van der Waals surface area (Å²) in [5.41, 5.74) is 0.884. The second-order valence-corrected chi connectivity index (χ2v) is 6.50. The second kappa shape index (κ2) is 8.47. The summed E-state index contributed by atoms with van der Waals surface area (Å²) in [5, 5.41) is 6.79. The first kappa shape index (κ1) is 19.3. The van der Waals surface area contributed by atoms with Gasteiger partial charge < -0.3 is 5.32 Å². The van der Waals surface area contributed by atoms with E-state index < -0.39 is 17.2 Å². The van der Waals surface area contributed by atoms with Gasteiger partial charge in [0.25, 0.3) is 11.5 Å². The number of hydrogen-bond donors (Lipinski definition) is 1. The number of hydrogen-bond acceptors (Lipinski definition) is 4. The highest BCUT2D eigenvalue weighted by molar-refractivity contribution is 5.91. The molecule has 7 heteroatoms. The maximum absolute atomic E-state index is 12.8. The van der Waals surface area contributed by atoms with Crippen molar-refractivity contribution in [1.82, 2.24) is 19.7 Å². The van der Waals surface area contributed by atoms with Crippen LogP contribution in [0.15, 0.2) is 64.2 Å². The number of nitrogens with one attached hydrogen (secondary N) is 1. The van der Waals surface area contributed by atoms with E-state index in [9.17, 15) is 14.4 Å². The Morgan fingerprint density at radius 3 is 2.36 bits per heavy atom. The Kier molecular flexibility index (Phi) is 5.84. The molecule has 3 aromatic rings. The van der Waals surface area contributed by atoms with Crippen LogP contribution in [0.2, 0.25) is 0 Å². The van der Waals surface area contributed by atoms with Gasteiger partial charge in [0.15, 0.2) is 0 Å². The van der Waals surface area contributed by atoms with E-state index in [2.05, 4.69) is 10.4 Å². The van der Waals surface area contributed by atoms with Crippen molar-refractivity contribution in [2.45, 2.75) is 33.4 Å². The predicted molar refractivity (Wildman–Crippen MR) is 107 cm³/mol. The van der Waals surface area contributed by atoms with Gasteiger partial charge in [-0.25, -0.2) is 4.79 Å². The number of amides is 1. The molecule has 0 saturated carbocycles. The van der Waals surface area contributed by atoms with Gasteiger partial charge in [-0.15, -0.1) is 0 Å². The molecule has 0 radical (unpaired) electrons. The standard InChI is InChI=1S/C21H22N4O3/c1-3-13-24-20(27)18(19(26)22-14-16-7-5-4-6-8-16)23-25(21(24)28)17-11-9-15(2)10-12-17/h4-12H,3,13-14H2,1-2H3,(H,22,26). The third kappa shape index (κ3) is 4.09. The van der Waals surface area contributed by atoms with Crippen LogP contribution in [0.25, 0.3) is 5.69 Å². The van der Waals surface area contributed by atoms with Gasteiger partial charge in [0, 0.05) is 13.1 Å². The first-order valence-corrected chi connectivity index (χ1v) is 9.14. The van der Waals surface area contributed by atoms with Gasteiger partial charge in [0.1, 0.15) is 0 Å². The van der Waals surface area contributed by atoms with E-state index in [-0.39, 0.29) is 18.8 Å². The van der Waals surface area contributed by atoms with Gasteiger partial charge in [0.05, 0.1) is 5.69 Å². The third-order valence-electron chi connectivity index (χ3n) is 4.30. The Morgan fingerprint density at radius 2 is 1.71 bits per heavy atom. The van der Waals surface area contributed by atoms with Crippen LogP contribution in [-0.2, 0) is 13.1 Å². The zero-order valence-corrected chi connectivity index (χ0v) is 15.9. The van der Waals surface area contributed by atoms with E-state index in [1.165, 1.54) is 0 Å². The van der Waals surface area contributed by atoms with E-state index >= 15 is 0 Å². The Balaban J connectivity index is 2.02.